The van der Waals surface area contributed by atoms with Gasteiger partial charge in [-0.05, 0) is 43.4 Å². The second kappa shape index (κ2) is 10.4. The molecule has 3 fully saturated rings. The molecule has 2 amide bonds. The Hall–Kier alpha value is -2.81. The van der Waals surface area contributed by atoms with Crippen LogP contribution in [-0.2, 0) is 20.8 Å². The molecule has 2 unspecified atom stereocenters. The summed E-state index contributed by atoms with van der Waals surface area (Å²) < 4.78 is -0.888. The molecule has 2 aromatic rings. The predicted octanol–water partition coefficient (Wildman–Crippen LogP) is 3.95. The van der Waals surface area contributed by atoms with E-state index in [0.29, 0.717) is 30.0 Å². The van der Waals surface area contributed by atoms with E-state index in [1.807, 2.05) is 49.4 Å². The molecule has 7 nitrogen and oxygen atoms in total. The van der Waals surface area contributed by atoms with Crippen LogP contribution in [0.15, 0.2) is 61.2 Å². The average molecular weight is 555 g/mol. The van der Waals surface area contributed by atoms with Gasteiger partial charge in [0.05, 0.1) is 39.9 Å². The van der Waals surface area contributed by atoms with E-state index in [1.54, 1.807) is 17.0 Å². The first-order chi connectivity index (χ1) is 18.2. The fourth-order valence-corrected chi connectivity index (χ4v) is 9.23. The van der Waals surface area contributed by atoms with Gasteiger partial charge in [-0.3, -0.25) is 14.4 Å². The topological polar surface area (TPSA) is 98.2 Å². The molecule has 6 atom stereocenters. The summed E-state index contributed by atoms with van der Waals surface area (Å²) in [6.45, 7) is 5.52. The van der Waals surface area contributed by atoms with Crippen LogP contribution >= 0.6 is 23.4 Å². The number of halogens is 1. The first-order valence-corrected chi connectivity index (χ1v) is 14.1. The Morgan fingerprint density at radius 2 is 2.00 bits per heavy atom. The Morgan fingerprint density at radius 1 is 1.26 bits per heavy atom. The number of likely N-dealkylation sites (tertiary alicyclic amines) is 1. The van der Waals surface area contributed by atoms with Gasteiger partial charge in [0.1, 0.15) is 6.04 Å². The van der Waals surface area contributed by atoms with Crippen LogP contribution in [-0.4, -0.2) is 68.1 Å². The normalized spacial score (nSPS) is 28.3. The number of thioether (sulfide) groups is 1. The van der Waals surface area contributed by atoms with E-state index in [9.17, 15) is 24.6 Å². The van der Waals surface area contributed by atoms with Crippen molar-refractivity contribution in [3.8, 4) is 0 Å². The maximum Gasteiger partial charge on any atom is 0.308 e. The van der Waals surface area contributed by atoms with Gasteiger partial charge in [-0.1, -0.05) is 60.1 Å². The number of carboxylic acid groups (broad SMARTS) is 1. The first kappa shape index (κ1) is 26.8. The molecule has 0 aromatic heterocycles. The summed E-state index contributed by atoms with van der Waals surface area (Å²) in [7, 11) is 0. The average Bonchev–Trinajstić information content (AvgIpc) is 3.54. The minimum atomic E-state index is -1.01. The molecule has 3 saturated heterocycles. The maximum atomic E-state index is 14.7. The number of aliphatic hydroxyl groups is 1. The molecule has 2 bridgehead atoms. The number of rotatable bonds is 9. The highest BCUT2D eigenvalue weighted by atomic mass is 35.5. The van der Waals surface area contributed by atoms with Crippen LogP contribution in [0.3, 0.4) is 0 Å². The lowest BCUT2D eigenvalue weighted by Gasteiger charge is -2.40. The van der Waals surface area contributed by atoms with E-state index in [-0.39, 0.29) is 30.2 Å². The highest BCUT2D eigenvalue weighted by Crippen LogP contribution is 2.66. The zero-order valence-electron chi connectivity index (χ0n) is 21.1. The van der Waals surface area contributed by atoms with E-state index in [2.05, 4.69) is 6.58 Å². The standard InChI is InChI=1S/C29H31ClN2O5S/c1-3-14-31(24-17(2)8-7-11-20(24)30)27(35)25-29-13-12-21(38-29)22(28(36)37)23(29)26(34)32(25)19(16-33)15-18-9-5-4-6-10-18/h3-11,19,21-23,25,33H,1,12-16H2,2H3,(H,36,37)/t19-,21-,22+,23+,25?,29?/m1/s1. The molecule has 2 N–H and O–H groups in total. The second-order valence-electron chi connectivity index (χ2n) is 10.3. The summed E-state index contributed by atoms with van der Waals surface area (Å²) >= 11 is 8.07. The van der Waals surface area contributed by atoms with Crippen LogP contribution in [0.1, 0.15) is 24.0 Å². The molecule has 3 aliphatic rings. The number of carbonyl (C=O) groups is 3. The number of para-hydroxylation sites is 1. The highest BCUT2D eigenvalue weighted by molar-refractivity contribution is 8.02. The number of benzene rings is 2. The van der Waals surface area contributed by atoms with Crippen molar-refractivity contribution in [2.75, 3.05) is 18.1 Å². The van der Waals surface area contributed by atoms with Crippen molar-refractivity contribution < 1.29 is 24.6 Å². The molecular weight excluding hydrogens is 524 g/mol. The third kappa shape index (κ3) is 4.14. The SMILES string of the molecule is C=CCN(C(=O)C1N([C@@H](CO)Cc2ccccc2)C(=O)[C@@H]2[C@@H](C(=O)O)[C@H]3CCC12S3)c1c(C)cccc1Cl. The number of aliphatic hydroxyl groups excluding tert-OH is 1. The van der Waals surface area contributed by atoms with Crippen molar-refractivity contribution in [1.82, 2.24) is 4.90 Å². The number of fused-ring (bicyclic) bond motifs is 1. The molecular formula is C29H31ClN2O5S. The molecule has 0 aliphatic carbocycles. The van der Waals surface area contributed by atoms with Gasteiger partial charge in [0.15, 0.2) is 0 Å². The predicted molar refractivity (Wildman–Crippen MR) is 148 cm³/mol. The number of anilines is 1. The lowest BCUT2D eigenvalue weighted by Crippen LogP contribution is -2.58. The number of carbonyl (C=O) groups excluding carboxylic acids is 2. The third-order valence-corrected chi connectivity index (χ3v) is 10.5. The van der Waals surface area contributed by atoms with E-state index in [0.717, 1.165) is 11.1 Å². The van der Waals surface area contributed by atoms with Crippen molar-refractivity contribution in [2.45, 2.75) is 48.3 Å². The molecule has 9 heteroatoms. The minimum Gasteiger partial charge on any atom is -0.481 e. The monoisotopic (exact) mass is 554 g/mol. The van der Waals surface area contributed by atoms with Crippen molar-refractivity contribution in [3.63, 3.8) is 0 Å². The van der Waals surface area contributed by atoms with Crippen LogP contribution < -0.4 is 4.90 Å². The van der Waals surface area contributed by atoms with Gasteiger partial charge in [-0.25, -0.2) is 0 Å². The molecule has 1 spiro atoms. The second-order valence-corrected chi connectivity index (χ2v) is 12.3. The number of hydrogen-bond acceptors (Lipinski definition) is 5. The molecule has 3 aliphatic heterocycles. The van der Waals surface area contributed by atoms with Gasteiger partial charge in [-0.2, -0.15) is 0 Å². The van der Waals surface area contributed by atoms with Gasteiger partial charge < -0.3 is 20.0 Å². The number of amides is 2. The Labute approximate surface area is 231 Å². The molecule has 3 heterocycles. The largest absolute Gasteiger partial charge is 0.481 e. The van der Waals surface area contributed by atoms with Crippen molar-refractivity contribution in [1.29, 1.82) is 0 Å². The maximum absolute atomic E-state index is 14.7. The number of nitrogens with zero attached hydrogens (tertiary/aromatic N) is 2. The number of aryl methyl sites for hydroxylation is 1. The van der Waals surface area contributed by atoms with Gasteiger partial charge >= 0.3 is 5.97 Å². The minimum absolute atomic E-state index is 0.168. The summed E-state index contributed by atoms with van der Waals surface area (Å²) in [5.74, 6) is -3.41. The van der Waals surface area contributed by atoms with Crippen LogP contribution in [0, 0.1) is 18.8 Å². The fourth-order valence-electron chi connectivity index (χ4n) is 6.72. The zero-order chi connectivity index (χ0) is 27.2. The number of hydrogen-bond donors (Lipinski definition) is 2. The quantitative estimate of drug-likeness (QED) is 0.456. The van der Waals surface area contributed by atoms with Crippen LogP contribution in [0.4, 0.5) is 5.69 Å². The lowest BCUT2D eigenvalue weighted by molar-refractivity contribution is -0.149. The van der Waals surface area contributed by atoms with Gasteiger partial charge in [-0.15, -0.1) is 18.3 Å². The molecule has 0 radical (unpaired) electrons. The van der Waals surface area contributed by atoms with E-state index in [1.165, 1.54) is 16.7 Å². The number of aliphatic carboxylic acids is 1. The first-order valence-electron chi connectivity index (χ1n) is 12.8. The van der Waals surface area contributed by atoms with E-state index < -0.39 is 34.6 Å². The number of carboxylic acids is 1. The Morgan fingerprint density at radius 3 is 2.63 bits per heavy atom. The highest BCUT2D eigenvalue weighted by Gasteiger charge is 2.74. The fraction of sp³-hybridized carbons (Fsp3) is 0.414. The van der Waals surface area contributed by atoms with Crippen LogP contribution in [0.25, 0.3) is 0 Å². The van der Waals surface area contributed by atoms with Crippen molar-refractivity contribution in [2.24, 2.45) is 11.8 Å². The van der Waals surface area contributed by atoms with Crippen molar-refractivity contribution in [3.05, 3.63) is 77.3 Å². The van der Waals surface area contributed by atoms with Gasteiger partial charge in [0, 0.05) is 11.8 Å². The lowest BCUT2D eigenvalue weighted by atomic mass is 9.71. The Kier molecular flexibility index (Phi) is 7.33. The Balaban J connectivity index is 1.64. The smallest absolute Gasteiger partial charge is 0.308 e. The molecule has 2 aromatic carbocycles. The third-order valence-electron chi connectivity index (χ3n) is 8.21. The molecule has 200 valence electrons. The van der Waals surface area contributed by atoms with E-state index in [4.69, 9.17) is 11.6 Å². The van der Waals surface area contributed by atoms with Gasteiger partial charge in [0.25, 0.3) is 5.91 Å². The molecule has 0 saturated carbocycles. The summed E-state index contributed by atoms with van der Waals surface area (Å²) in [5, 5.41) is 20.8. The zero-order valence-corrected chi connectivity index (χ0v) is 22.7. The van der Waals surface area contributed by atoms with Gasteiger partial charge in [0.2, 0.25) is 5.91 Å². The van der Waals surface area contributed by atoms with Crippen molar-refractivity contribution >= 4 is 46.8 Å². The molecule has 38 heavy (non-hydrogen) atoms. The summed E-state index contributed by atoms with van der Waals surface area (Å²) in [4.78, 5) is 44.3. The Bertz CT molecular complexity index is 1250. The molecule has 5 rings (SSSR count). The summed E-state index contributed by atoms with van der Waals surface area (Å²) in [5.41, 5.74) is 2.26. The van der Waals surface area contributed by atoms with Crippen LogP contribution in [0.5, 0.6) is 0 Å². The van der Waals surface area contributed by atoms with Crippen LogP contribution in [0.2, 0.25) is 5.02 Å². The summed E-state index contributed by atoms with van der Waals surface area (Å²) in [6.07, 6.45) is 3.14. The summed E-state index contributed by atoms with van der Waals surface area (Å²) in [6, 6.07) is 13.2. The van der Waals surface area contributed by atoms with E-state index >= 15 is 0 Å².